The molecule has 1 aromatic heterocycles. The fraction of sp³-hybridized carbons (Fsp3) is 0.238. The van der Waals surface area contributed by atoms with E-state index in [1.165, 1.54) is 6.07 Å². The van der Waals surface area contributed by atoms with Crippen molar-refractivity contribution in [2.45, 2.75) is 6.04 Å². The van der Waals surface area contributed by atoms with Crippen LogP contribution in [0.3, 0.4) is 0 Å². The van der Waals surface area contributed by atoms with Crippen molar-refractivity contribution in [1.82, 2.24) is 15.2 Å². The number of methoxy groups -OCH3 is 1. The molecular formula is C21H23N3O3. The molecule has 0 unspecified atom stereocenters. The molecule has 0 fully saturated rings. The first kappa shape index (κ1) is 18.7. The highest BCUT2D eigenvalue weighted by molar-refractivity contribution is 6.05. The van der Waals surface area contributed by atoms with Gasteiger partial charge in [-0.15, -0.1) is 0 Å². The number of carbonyl (C=O) groups excluding carboxylic acids is 1. The normalized spacial score (nSPS) is 12.1. The van der Waals surface area contributed by atoms with Crippen LogP contribution >= 0.6 is 0 Å². The Morgan fingerprint density at radius 1 is 1.15 bits per heavy atom. The summed E-state index contributed by atoms with van der Waals surface area (Å²) in [5.74, 6) is 0.521. The van der Waals surface area contributed by atoms with Gasteiger partial charge in [0.05, 0.1) is 18.7 Å². The number of nitrogens with one attached hydrogen (secondary N) is 2. The van der Waals surface area contributed by atoms with E-state index in [9.17, 15) is 9.59 Å². The molecule has 6 heteroatoms. The Balaban J connectivity index is 1.81. The fourth-order valence-corrected chi connectivity index (χ4v) is 3.10. The van der Waals surface area contributed by atoms with Crippen LogP contribution in [0.5, 0.6) is 5.75 Å². The number of hydrogen-bond donors (Lipinski definition) is 2. The van der Waals surface area contributed by atoms with Crippen molar-refractivity contribution in [3.05, 3.63) is 76.1 Å². The SMILES string of the molecule is COc1ccc([C@@H](CNC(=O)c2cc(=O)[nH]c3ccccc23)N(C)C)cc1. The van der Waals surface area contributed by atoms with Crippen molar-refractivity contribution in [1.29, 1.82) is 0 Å². The van der Waals surface area contributed by atoms with Gasteiger partial charge < -0.3 is 19.9 Å². The van der Waals surface area contributed by atoms with Crippen molar-refractivity contribution in [2.75, 3.05) is 27.7 Å². The zero-order valence-electron chi connectivity index (χ0n) is 15.7. The number of rotatable bonds is 6. The van der Waals surface area contributed by atoms with Gasteiger partial charge in [-0.1, -0.05) is 30.3 Å². The summed E-state index contributed by atoms with van der Waals surface area (Å²) in [5.41, 5.74) is 1.80. The standard InChI is InChI=1S/C21H23N3O3/c1-24(2)19(14-8-10-15(27-3)11-9-14)13-22-21(26)17-12-20(25)23-18-7-5-4-6-16(17)18/h4-12,19H,13H2,1-3H3,(H,22,26)(H,23,25)/t19-/m1/s1. The smallest absolute Gasteiger partial charge is 0.252 e. The largest absolute Gasteiger partial charge is 0.497 e. The number of aromatic nitrogens is 1. The van der Waals surface area contributed by atoms with Gasteiger partial charge in [0, 0.05) is 23.5 Å². The monoisotopic (exact) mass is 365 g/mol. The summed E-state index contributed by atoms with van der Waals surface area (Å²) < 4.78 is 5.20. The van der Waals surface area contributed by atoms with Crippen LogP contribution in [0.4, 0.5) is 0 Å². The number of H-pyrrole nitrogens is 1. The molecule has 2 N–H and O–H groups in total. The number of amides is 1. The predicted octanol–water partition coefficient (Wildman–Crippen LogP) is 2.57. The second-order valence-electron chi connectivity index (χ2n) is 6.56. The van der Waals surface area contributed by atoms with Crippen LogP contribution in [-0.2, 0) is 0 Å². The van der Waals surface area contributed by atoms with E-state index in [-0.39, 0.29) is 17.5 Å². The molecule has 1 atom stereocenters. The lowest BCUT2D eigenvalue weighted by atomic mass is 10.0. The van der Waals surface area contributed by atoms with Crippen LogP contribution in [0.15, 0.2) is 59.4 Å². The van der Waals surface area contributed by atoms with Crippen molar-refractivity contribution in [3.8, 4) is 5.75 Å². The van der Waals surface area contributed by atoms with Gasteiger partial charge in [0.15, 0.2) is 0 Å². The van der Waals surface area contributed by atoms with Gasteiger partial charge in [0.2, 0.25) is 5.56 Å². The summed E-state index contributed by atoms with van der Waals surface area (Å²) in [6, 6.07) is 16.4. The number of aromatic amines is 1. The van der Waals surface area contributed by atoms with Gasteiger partial charge in [0.25, 0.3) is 5.91 Å². The maximum atomic E-state index is 12.8. The highest BCUT2D eigenvalue weighted by atomic mass is 16.5. The quantitative estimate of drug-likeness (QED) is 0.704. The molecule has 3 aromatic rings. The Labute approximate surface area is 157 Å². The number of benzene rings is 2. The van der Waals surface area contributed by atoms with Crippen molar-refractivity contribution < 1.29 is 9.53 Å². The maximum Gasteiger partial charge on any atom is 0.252 e. The molecule has 0 aliphatic rings. The third kappa shape index (κ3) is 4.17. The Hall–Kier alpha value is -3.12. The zero-order chi connectivity index (χ0) is 19.4. The average molecular weight is 365 g/mol. The Kier molecular flexibility index (Phi) is 5.57. The van der Waals surface area contributed by atoms with Crippen LogP contribution in [-0.4, -0.2) is 43.5 Å². The summed E-state index contributed by atoms with van der Waals surface area (Å²) in [6.45, 7) is 0.416. The maximum absolute atomic E-state index is 12.8. The molecule has 0 spiro atoms. The summed E-state index contributed by atoms with van der Waals surface area (Å²) >= 11 is 0. The second kappa shape index (κ2) is 8.05. The first-order valence-electron chi connectivity index (χ1n) is 8.70. The lowest BCUT2D eigenvalue weighted by molar-refractivity contribution is 0.0943. The molecule has 1 amide bonds. The number of nitrogens with zero attached hydrogens (tertiary/aromatic N) is 1. The Bertz CT molecular complexity index is 993. The van der Waals surface area contributed by atoms with Gasteiger partial charge in [-0.2, -0.15) is 0 Å². The van der Waals surface area contributed by atoms with E-state index in [1.54, 1.807) is 13.2 Å². The lowest BCUT2D eigenvalue weighted by Crippen LogP contribution is -2.35. The average Bonchev–Trinajstić information content (AvgIpc) is 2.67. The zero-order valence-corrected chi connectivity index (χ0v) is 15.7. The highest BCUT2D eigenvalue weighted by Gasteiger charge is 2.17. The minimum Gasteiger partial charge on any atom is -0.497 e. The van der Waals surface area contributed by atoms with Gasteiger partial charge in [-0.25, -0.2) is 0 Å². The number of carbonyl (C=O) groups is 1. The van der Waals surface area contributed by atoms with Crippen LogP contribution in [0.25, 0.3) is 10.9 Å². The Morgan fingerprint density at radius 2 is 1.85 bits per heavy atom. The third-order valence-electron chi connectivity index (χ3n) is 4.58. The molecule has 3 rings (SSSR count). The van der Waals surface area contributed by atoms with Crippen LogP contribution in [0.1, 0.15) is 22.0 Å². The molecule has 0 aliphatic heterocycles. The highest BCUT2D eigenvalue weighted by Crippen LogP contribution is 2.21. The lowest BCUT2D eigenvalue weighted by Gasteiger charge is -2.25. The number of fused-ring (bicyclic) bond motifs is 1. The molecule has 27 heavy (non-hydrogen) atoms. The number of pyridine rings is 1. The topological polar surface area (TPSA) is 74.4 Å². The second-order valence-corrected chi connectivity index (χ2v) is 6.56. The molecule has 6 nitrogen and oxygen atoms in total. The summed E-state index contributed by atoms with van der Waals surface area (Å²) in [4.78, 5) is 29.4. The molecule has 0 saturated heterocycles. The van der Waals surface area contributed by atoms with Gasteiger partial charge in [0.1, 0.15) is 5.75 Å². The minimum absolute atomic E-state index is 0.00637. The fourth-order valence-electron chi connectivity index (χ4n) is 3.10. The van der Waals surface area contributed by atoms with E-state index in [0.717, 1.165) is 16.7 Å². The molecular weight excluding hydrogens is 342 g/mol. The molecule has 1 heterocycles. The van der Waals surface area contributed by atoms with Crippen molar-refractivity contribution >= 4 is 16.8 Å². The summed E-state index contributed by atoms with van der Waals surface area (Å²) in [5, 5.41) is 3.68. The summed E-state index contributed by atoms with van der Waals surface area (Å²) in [6.07, 6.45) is 0. The predicted molar refractivity (Wildman–Crippen MR) is 106 cm³/mol. The first-order chi connectivity index (χ1) is 13.0. The minimum atomic E-state index is -0.293. The number of ether oxygens (including phenoxy) is 1. The van der Waals surface area contributed by atoms with E-state index in [1.807, 2.05) is 61.5 Å². The molecule has 2 aromatic carbocycles. The van der Waals surface area contributed by atoms with E-state index in [0.29, 0.717) is 17.6 Å². The number of hydrogen-bond acceptors (Lipinski definition) is 4. The molecule has 0 bridgehead atoms. The number of para-hydroxylation sites is 1. The number of likely N-dealkylation sites (N-methyl/N-ethyl adjacent to an activating group) is 1. The van der Waals surface area contributed by atoms with Gasteiger partial charge in [-0.3, -0.25) is 9.59 Å². The van der Waals surface area contributed by atoms with Gasteiger partial charge >= 0.3 is 0 Å². The van der Waals surface area contributed by atoms with Gasteiger partial charge in [-0.05, 0) is 37.9 Å². The van der Waals surface area contributed by atoms with E-state index in [2.05, 4.69) is 10.3 Å². The van der Waals surface area contributed by atoms with E-state index < -0.39 is 0 Å². The molecule has 0 aliphatic carbocycles. The molecule has 0 radical (unpaired) electrons. The third-order valence-corrected chi connectivity index (χ3v) is 4.58. The molecule has 0 saturated carbocycles. The Morgan fingerprint density at radius 3 is 2.52 bits per heavy atom. The van der Waals surface area contributed by atoms with Crippen LogP contribution < -0.4 is 15.6 Å². The van der Waals surface area contributed by atoms with Crippen LogP contribution in [0.2, 0.25) is 0 Å². The van der Waals surface area contributed by atoms with E-state index in [4.69, 9.17) is 4.74 Å². The summed E-state index contributed by atoms with van der Waals surface area (Å²) in [7, 11) is 5.55. The van der Waals surface area contributed by atoms with Crippen LogP contribution in [0, 0.1) is 0 Å². The first-order valence-corrected chi connectivity index (χ1v) is 8.70. The van der Waals surface area contributed by atoms with Crippen molar-refractivity contribution in [2.24, 2.45) is 0 Å². The molecule has 140 valence electrons. The van der Waals surface area contributed by atoms with Crippen molar-refractivity contribution in [3.63, 3.8) is 0 Å². The van der Waals surface area contributed by atoms with E-state index >= 15 is 0 Å².